The monoisotopic (exact) mass is 698 g/mol. The van der Waals surface area contributed by atoms with Crippen LogP contribution in [0.5, 0.6) is 0 Å². The molecule has 11 aromatic rings. The summed E-state index contributed by atoms with van der Waals surface area (Å²) in [5, 5.41) is 12.1. The van der Waals surface area contributed by atoms with E-state index in [4.69, 9.17) is 9.97 Å². The van der Waals surface area contributed by atoms with Gasteiger partial charge in [0.1, 0.15) is 0 Å². The molecule has 2 heterocycles. The Labute approximate surface area is 319 Å². The molecule has 11 rings (SSSR count). The van der Waals surface area contributed by atoms with Crippen molar-refractivity contribution in [3.05, 3.63) is 194 Å². The lowest BCUT2D eigenvalue weighted by atomic mass is 9.91. The predicted molar refractivity (Wildman–Crippen MR) is 234 cm³/mol. The van der Waals surface area contributed by atoms with Crippen LogP contribution in [0.2, 0.25) is 0 Å². The average Bonchev–Trinajstić information content (AvgIpc) is 3.25. The van der Waals surface area contributed by atoms with Crippen LogP contribution in [0.1, 0.15) is 5.56 Å². The molecule has 0 N–H and O–H groups in total. The third kappa shape index (κ3) is 5.18. The van der Waals surface area contributed by atoms with E-state index in [1.54, 1.807) is 0 Å². The van der Waals surface area contributed by atoms with Crippen LogP contribution < -0.4 is 0 Å². The molecule has 0 aliphatic heterocycles. The number of aromatic nitrogens is 2. The van der Waals surface area contributed by atoms with Crippen LogP contribution in [0.15, 0.2) is 188 Å². The molecule has 2 heteroatoms. The van der Waals surface area contributed by atoms with Crippen LogP contribution in [-0.2, 0) is 0 Å². The van der Waals surface area contributed by atoms with Crippen molar-refractivity contribution in [3.63, 3.8) is 0 Å². The summed E-state index contributed by atoms with van der Waals surface area (Å²) < 4.78 is 0. The molecular formula is C53H34N2. The van der Waals surface area contributed by atoms with Crippen molar-refractivity contribution in [2.45, 2.75) is 6.92 Å². The van der Waals surface area contributed by atoms with Crippen LogP contribution in [0.25, 0.3) is 110 Å². The van der Waals surface area contributed by atoms with Gasteiger partial charge in [-0.3, -0.25) is 0 Å². The van der Waals surface area contributed by atoms with Gasteiger partial charge < -0.3 is 0 Å². The Kier molecular flexibility index (Phi) is 7.11. The van der Waals surface area contributed by atoms with Crippen molar-refractivity contribution in [1.82, 2.24) is 9.97 Å². The summed E-state index contributed by atoms with van der Waals surface area (Å²) in [6.45, 7) is 2.24. The fraction of sp³-hybridized carbons (Fsp3) is 0.0189. The van der Waals surface area contributed by atoms with Gasteiger partial charge >= 0.3 is 0 Å². The zero-order valence-electron chi connectivity index (χ0n) is 30.3. The van der Waals surface area contributed by atoms with E-state index in [9.17, 15) is 0 Å². The van der Waals surface area contributed by atoms with Gasteiger partial charge in [-0.2, -0.15) is 0 Å². The van der Waals surface area contributed by atoms with Gasteiger partial charge in [-0.15, -0.1) is 0 Å². The summed E-state index contributed by atoms with van der Waals surface area (Å²) in [6.07, 6.45) is 0. The molecule has 0 aliphatic rings. The van der Waals surface area contributed by atoms with Crippen LogP contribution in [0.4, 0.5) is 0 Å². The Morgan fingerprint density at radius 2 is 0.982 bits per heavy atom. The number of hydrogen-bond acceptors (Lipinski definition) is 2. The van der Waals surface area contributed by atoms with Gasteiger partial charge in [0.25, 0.3) is 0 Å². The maximum atomic E-state index is 5.26. The zero-order chi connectivity index (χ0) is 36.5. The molecule has 0 amide bonds. The minimum atomic E-state index is 0.993. The minimum absolute atomic E-state index is 0.993. The first-order chi connectivity index (χ1) is 27.2. The molecule has 9 aromatic carbocycles. The summed E-state index contributed by atoms with van der Waals surface area (Å²) in [5.41, 5.74) is 12.3. The maximum absolute atomic E-state index is 5.26. The number of fused-ring (bicyclic) bond motifs is 9. The molecule has 0 unspecified atom stereocenters. The molecule has 0 saturated heterocycles. The standard InChI is InChI=1S/C53H34N2/c1-33-44(27-25-36-18-19-37-26-29-48(54-53(37)50(33)36)35-11-3-2-4-12-35)42-23-22-40-30-39(20-21-41(40)31-42)38-13-9-14-43(32-38)52-47-28-24-34-10-5-6-15-45(34)51(47)46-16-7-8-17-49(46)55-52/h2-32H,1H3. The van der Waals surface area contributed by atoms with Gasteiger partial charge in [-0.1, -0.05) is 158 Å². The smallest absolute Gasteiger partial charge is 0.0790 e. The largest absolute Gasteiger partial charge is 0.247 e. The third-order valence-corrected chi connectivity index (χ3v) is 11.4. The number of nitrogens with zero attached hydrogens (tertiary/aromatic N) is 2. The highest BCUT2D eigenvalue weighted by molar-refractivity contribution is 6.22. The lowest BCUT2D eigenvalue weighted by Gasteiger charge is -2.14. The number of pyridine rings is 2. The number of aryl methyl sites for hydroxylation is 1. The van der Waals surface area contributed by atoms with Crippen molar-refractivity contribution < 1.29 is 0 Å². The van der Waals surface area contributed by atoms with Gasteiger partial charge in [0, 0.05) is 38.1 Å². The highest BCUT2D eigenvalue weighted by Crippen LogP contribution is 2.39. The van der Waals surface area contributed by atoms with Crippen LogP contribution in [0.3, 0.4) is 0 Å². The molecule has 2 aromatic heterocycles. The van der Waals surface area contributed by atoms with Crippen LogP contribution in [0, 0.1) is 6.92 Å². The van der Waals surface area contributed by atoms with Crippen molar-refractivity contribution in [2.24, 2.45) is 0 Å². The molecule has 0 aliphatic carbocycles. The van der Waals surface area contributed by atoms with E-state index in [0.29, 0.717) is 0 Å². The summed E-state index contributed by atoms with van der Waals surface area (Å²) in [4.78, 5) is 10.5. The lowest BCUT2D eigenvalue weighted by Crippen LogP contribution is -1.92. The topological polar surface area (TPSA) is 25.8 Å². The van der Waals surface area contributed by atoms with E-state index < -0.39 is 0 Å². The molecule has 0 atom stereocenters. The molecule has 2 nitrogen and oxygen atoms in total. The fourth-order valence-corrected chi connectivity index (χ4v) is 8.63. The van der Waals surface area contributed by atoms with Gasteiger partial charge in [0.15, 0.2) is 0 Å². The molecule has 0 saturated carbocycles. The van der Waals surface area contributed by atoms with E-state index >= 15 is 0 Å². The fourth-order valence-electron chi connectivity index (χ4n) is 8.63. The molecule has 0 bridgehead atoms. The van der Waals surface area contributed by atoms with E-state index in [2.05, 4.69) is 189 Å². The van der Waals surface area contributed by atoms with Gasteiger partial charge in [0.05, 0.1) is 22.4 Å². The van der Waals surface area contributed by atoms with E-state index in [1.165, 1.54) is 76.3 Å². The normalized spacial score (nSPS) is 11.7. The Hall–Kier alpha value is -7.16. The number of benzene rings is 9. The lowest BCUT2D eigenvalue weighted by molar-refractivity contribution is 1.40. The molecule has 0 fully saturated rings. The second-order valence-corrected chi connectivity index (χ2v) is 14.6. The quantitative estimate of drug-likeness (QED) is 0.171. The average molecular weight is 699 g/mol. The number of para-hydroxylation sites is 1. The van der Waals surface area contributed by atoms with Crippen molar-refractivity contribution in [3.8, 4) is 44.8 Å². The number of hydrogen-bond donors (Lipinski definition) is 0. The number of rotatable bonds is 4. The summed E-state index contributed by atoms with van der Waals surface area (Å²) in [7, 11) is 0. The summed E-state index contributed by atoms with van der Waals surface area (Å²) in [6, 6.07) is 67.8. The first kappa shape index (κ1) is 31.4. The SMILES string of the molecule is Cc1c(-c2ccc3cc(-c4cccc(-c5nc6ccccc6c6c5ccc5ccccc56)c4)ccc3c2)ccc2ccc3ccc(-c4ccccc4)nc3c12. The van der Waals surface area contributed by atoms with E-state index in [0.717, 1.165) is 38.9 Å². The van der Waals surface area contributed by atoms with Gasteiger partial charge in [-0.05, 0) is 92.0 Å². The first-order valence-electron chi connectivity index (χ1n) is 18.9. The third-order valence-electron chi connectivity index (χ3n) is 11.4. The second kappa shape index (κ2) is 12.5. The molecule has 0 spiro atoms. The Balaban J connectivity index is 0.989. The zero-order valence-corrected chi connectivity index (χ0v) is 30.3. The van der Waals surface area contributed by atoms with Gasteiger partial charge in [-0.25, -0.2) is 9.97 Å². The summed E-state index contributed by atoms with van der Waals surface area (Å²) >= 11 is 0. The highest BCUT2D eigenvalue weighted by Gasteiger charge is 2.15. The molecule has 0 radical (unpaired) electrons. The Morgan fingerprint density at radius 1 is 0.345 bits per heavy atom. The highest BCUT2D eigenvalue weighted by atomic mass is 14.7. The predicted octanol–water partition coefficient (Wildman–Crippen LogP) is 14.4. The van der Waals surface area contributed by atoms with Crippen molar-refractivity contribution in [1.29, 1.82) is 0 Å². The Morgan fingerprint density at radius 3 is 1.87 bits per heavy atom. The second-order valence-electron chi connectivity index (χ2n) is 14.6. The maximum Gasteiger partial charge on any atom is 0.0790 e. The van der Waals surface area contributed by atoms with Crippen LogP contribution >= 0.6 is 0 Å². The van der Waals surface area contributed by atoms with E-state index in [1.807, 2.05) is 6.07 Å². The molecular weight excluding hydrogens is 665 g/mol. The first-order valence-corrected chi connectivity index (χ1v) is 18.9. The molecule has 55 heavy (non-hydrogen) atoms. The van der Waals surface area contributed by atoms with Crippen LogP contribution in [-0.4, -0.2) is 9.97 Å². The van der Waals surface area contributed by atoms with Gasteiger partial charge in [0.2, 0.25) is 0 Å². The van der Waals surface area contributed by atoms with Crippen molar-refractivity contribution in [2.75, 3.05) is 0 Å². The minimum Gasteiger partial charge on any atom is -0.247 e. The molecule has 256 valence electrons. The summed E-state index contributed by atoms with van der Waals surface area (Å²) in [5.74, 6) is 0. The Bertz CT molecular complexity index is 3310. The van der Waals surface area contributed by atoms with E-state index in [-0.39, 0.29) is 0 Å². The van der Waals surface area contributed by atoms with Crippen molar-refractivity contribution >= 4 is 64.9 Å².